The first-order valence-corrected chi connectivity index (χ1v) is 8.68. The number of amides is 2. The largest absolute Gasteiger partial charge is 0.383 e. The zero-order chi connectivity index (χ0) is 16.5. The predicted octanol–water partition coefficient (Wildman–Crippen LogP) is 0.633. The minimum absolute atomic E-state index is 0.0674. The number of methoxy groups -OCH3 is 1. The van der Waals surface area contributed by atoms with E-state index in [9.17, 15) is 9.59 Å². The fraction of sp³-hybridized carbons (Fsp3) is 0.500. The average molecular weight is 337 g/mol. The van der Waals surface area contributed by atoms with Crippen molar-refractivity contribution in [3.63, 3.8) is 0 Å². The smallest absolute Gasteiger partial charge is 0.252 e. The van der Waals surface area contributed by atoms with Crippen LogP contribution in [-0.2, 0) is 9.53 Å². The van der Waals surface area contributed by atoms with Gasteiger partial charge in [0.2, 0.25) is 5.91 Å². The normalized spacial score (nSPS) is 17.0. The first-order chi connectivity index (χ1) is 11.2. The molecule has 0 bridgehead atoms. The Morgan fingerprint density at radius 1 is 1.39 bits per heavy atom. The van der Waals surface area contributed by atoms with Gasteiger partial charge in [0.25, 0.3) is 5.91 Å². The second-order valence-electron chi connectivity index (χ2n) is 5.29. The van der Waals surface area contributed by atoms with Crippen molar-refractivity contribution in [2.45, 2.75) is 17.4 Å². The van der Waals surface area contributed by atoms with E-state index in [2.05, 4.69) is 16.0 Å². The van der Waals surface area contributed by atoms with E-state index in [0.717, 1.165) is 24.4 Å². The zero-order valence-corrected chi connectivity index (χ0v) is 14.1. The Morgan fingerprint density at radius 3 is 2.96 bits per heavy atom. The molecule has 1 unspecified atom stereocenters. The minimum Gasteiger partial charge on any atom is -0.383 e. The molecule has 2 rings (SSSR count). The summed E-state index contributed by atoms with van der Waals surface area (Å²) in [5, 5.41) is 9.03. The molecule has 1 aliphatic heterocycles. The number of benzene rings is 1. The standard InChI is InChI=1S/C16H23N3O3S/c1-22-9-8-18-15(20)11-23-14-5-3-2-4-13(14)16(21)19-12-6-7-17-10-12/h2-5,12,17H,6-11H2,1H3,(H,18,20)(H,19,21). The van der Waals surface area contributed by atoms with Crippen LogP contribution in [-0.4, -0.2) is 57.0 Å². The van der Waals surface area contributed by atoms with E-state index in [-0.39, 0.29) is 23.6 Å². The number of carbonyl (C=O) groups is 2. The monoisotopic (exact) mass is 337 g/mol. The minimum atomic E-state index is -0.0819. The summed E-state index contributed by atoms with van der Waals surface area (Å²) >= 11 is 1.37. The number of hydrogen-bond acceptors (Lipinski definition) is 5. The maximum atomic E-state index is 12.4. The van der Waals surface area contributed by atoms with Crippen LogP contribution in [0, 0.1) is 0 Å². The molecule has 6 nitrogen and oxygen atoms in total. The van der Waals surface area contributed by atoms with Crippen LogP contribution in [0.3, 0.4) is 0 Å². The quantitative estimate of drug-likeness (QED) is 0.479. The lowest BCUT2D eigenvalue weighted by molar-refractivity contribution is -0.118. The third-order valence-corrected chi connectivity index (χ3v) is 4.59. The van der Waals surface area contributed by atoms with Gasteiger partial charge in [0.15, 0.2) is 0 Å². The van der Waals surface area contributed by atoms with E-state index in [1.54, 1.807) is 13.2 Å². The topological polar surface area (TPSA) is 79.5 Å². The van der Waals surface area contributed by atoms with Crippen LogP contribution in [0.5, 0.6) is 0 Å². The van der Waals surface area contributed by atoms with Crippen molar-refractivity contribution in [3.8, 4) is 0 Å². The summed E-state index contributed by atoms with van der Waals surface area (Å²) < 4.78 is 4.89. The Bertz CT molecular complexity index is 533. The van der Waals surface area contributed by atoms with Crippen LogP contribution in [0.25, 0.3) is 0 Å². The molecule has 1 aromatic rings. The van der Waals surface area contributed by atoms with Crippen molar-refractivity contribution in [3.05, 3.63) is 29.8 Å². The second-order valence-corrected chi connectivity index (χ2v) is 6.31. The lowest BCUT2D eigenvalue weighted by atomic mass is 10.2. The molecule has 0 radical (unpaired) electrons. The van der Waals surface area contributed by atoms with Gasteiger partial charge in [0, 0.05) is 31.1 Å². The maximum absolute atomic E-state index is 12.4. The zero-order valence-electron chi connectivity index (χ0n) is 13.3. The summed E-state index contributed by atoms with van der Waals surface area (Å²) in [7, 11) is 1.59. The summed E-state index contributed by atoms with van der Waals surface area (Å²) in [6, 6.07) is 7.55. The Kier molecular flexibility index (Phi) is 7.38. The highest BCUT2D eigenvalue weighted by molar-refractivity contribution is 8.00. The fourth-order valence-electron chi connectivity index (χ4n) is 2.31. The van der Waals surface area contributed by atoms with Crippen molar-refractivity contribution in [2.75, 3.05) is 39.1 Å². The van der Waals surface area contributed by atoms with Crippen LogP contribution in [0.2, 0.25) is 0 Å². The molecule has 7 heteroatoms. The molecule has 0 aliphatic carbocycles. The van der Waals surface area contributed by atoms with Crippen LogP contribution >= 0.6 is 11.8 Å². The molecule has 126 valence electrons. The highest BCUT2D eigenvalue weighted by atomic mass is 32.2. The molecule has 1 aromatic carbocycles. The van der Waals surface area contributed by atoms with E-state index in [0.29, 0.717) is 18.7 Å². The summed E-state index contributed by atoms with van der Waals surface area (Å²) in [4.78, 5) is 25.0. The molecule has 1 saturated heterocycles. The van der Waals surface area contributed by atoms with Crippen LogP contribution in [0.1, 0.15) is 16.8 Å². The predicted molar refractivity (Wildman–Crippen MR) is 90.8 cm³/mol. The van der Waals surface area contributed by atoms with Gasteiger partial charge in [-0.2, -0.15) is 0 Å². The van der Waals surface area contributed by atoms with Crippen LogP contribution < -0.4 is 16.0 Å². The van der Waals surface area contributed by atoms with E-state index < -0.39 is 0 Å². The maximum Gasteiger partial charge on any atom is 0.252 e. The van der Waals surface area contributed by atoms with E-state index in [1.165, 1.54) is 11.8 Å². The average Bonchev–Trinajstić information content (AvgIpc) is 3.06. The van der Waals surface area contributed by atoms with Crippen molar-refractivity contribution in [2.24, 2.45) is 0 Å². The molecule has 0 saturated carbocycles. The number of carbonyl (C=O) groups excluding carboxylic acids is 2. The van der Waals surface area contributed by atoms with E-state index >= 15 is 0 Å². The molecule has 23 heavy (non-hydrogen) atoms. The van der Waals surface area contributed by atoms with Gasteiger partial charge in [-0.25, -0.2) is 0 Å². The van der Waals surface area contributed by atoms with Crippen LogP contribution in [0.15, 0.2) is 29.2 Å². The number of thioether (sulfide) groups is 1. The molecule has 1 heterocycles. The summed E-state index contributed by atoms with van der Waals surface area (Å²) in [6.45, 7) is 2.73. The Hall–Kier alpha value is -1.57. The Balaban J connectivity index is 1.88. The number of nitrogens with one attached hydrogen (secondary N) is 3. The van der Waals surface area contributed by atoms with Gasteiger partial charge < -0.3 is 20.7 Å². The summed E-state index contributed by atoms with van der Waals surface area (Å²) in [6.07, 6.45) is 0.947. The SMILES string of the molecule is COCCNC(=O)CSc1ccccc1C(=O)NC1CCNC1. The number of ether oxygens (including phenoxy) is 1. The highest BCUT2D eigenvalue weighted by Crippen LogP contribution is 2.22. The Labute approximate surface area is 140 Å². The molecule has 0 spiro atoms. The van der Waals surface area contributed by atoms with Crippen molar-refractivity contribution >= 4 is 23.6 Å². The Morgan fingerprint density at radius 2 is 2.22 bits per heavy atom. The van der Waals surface area contributed by atoms with Gasteiger partial charge in [0.1, 0.15) is 0 Å². The van der Waals surface area contributed by atoms with Crippen molar-refractivity contribution in [1.82, 2.24) is 16.0 Å². The first-order valence-electron chi connectivity index (χ1n) is 7.69. The molecule has 1 atom stereocenters. The number of hydrogen-bond donors (Lipinski definition) is 3. The lowest BCUT2D eigenvalue weighted by Gasteiger charge is -2.13. The molecule has 1 aliphatic rings. The molecule has 2 amide bonds. The van der Waals surface area contributed by atoms with E-state index in [1.807, 2.05) is 18.2 Å². The summed E-state index contributed by atoms with van der Waals surface area (Å²) in [5.41, 5.74) is 0.620. The number of rotatable bonds is 8. The van der Waals surface area contributed by atoms with Gasteiger partial charge in [-0.1, -0.05) is 12.1 Å². The third-order valence-electron chi connectivity index (χ3n) is 3.51. The van der Waals surface area contributed by atoms with Gasteiger partial charge in [0.05, 0.1) is 17.9 Å². The van der Waals surface area contributed by atoms with E-state index in [4.69, 9.17) is 4.74 Å². The van der Waals surface area contributed by atoms with Crippen LogP contribution in [0.4, 0.5) is 0 Å². The molecular weight excluding hydrogens is 314 g/mol. The highest BCUT2D eigenvalue weighted by Gasteiger charge is 2.19. The second kappa shape index (κ2) is 9.54. The summed E-state index contributed by atoms with van der Waals surface area (Å²) in [5.74, 6) is 0.128. The van der Waals surface area contributed by atoms with Gasteiger partial charge in [-0.05, 0) is 25.1 Å². The molecular formula is C16H23N3O3S. The third kappa shape index (κ3) is 5.85. The molecule has 3 N–H and O–H groups in total. The first kappa shape index (κ1) is 17.8. The van der Waals surface area contributed by atoms with Crippen molar-refractivity contribution in [1.29, 1.82) is 0 Å². The molecule has 1 fully saturated rings. The van der Waals surface area contributed by atoms with Gasteiger partial charge in [-0.15, -0.1) is 11.8 Å². The molecule has 0 aromatic heterocycles. The van der Waals surface area contributed by atoms with Crippen molar-refractivity contribution < 1.29 is 14.3 Å². The van der Waals surface area contributed by atoms with Gasteiger partial charge in [-0.3, -0.25) is 9.59 Å². The lowest BCUT2D eigenvalue weighted by Crippen LogP contribution is -2.36. The fourth-order valence-corrected chi connectivity index (χ4v) is 3.19. The van der Waals surface area contributed by atoms with Gasteiger partial charge >= 0.3 is 0 Å².